The second-order valence-corrected chi connectivity index (χ2v) is 5.17. The van der Waals surface area contributed by atoms with Gasteiger partial charge in [-0.3, -0.25) is 0 Å². The molecule has 0 radical (unpaired) electrons. The summed E-state index contributed by atoms with van der Waals surface area (Å²) in [5.41, 5.74) is 3.36. The van der Waals surface area contributed by atoms with Crippen molar-refractivity contribution < 1.29 is 8.78 Å². The minimum Gasteiger partial charge on any atom is -0.371 e. The van der Waals surface area contributed by atoms with E-state index in [9.17, 15) is 8.78 Å². The van der Waals surface area contributed by atoms with E-state index in [4.69, 9.17) is 0 Å². The molecule has 3 rings (SSSR count). The van der Waals surface area contributed by atoms with Crippen molar-refractivity contribution in [2.45, 2.75) is 25.7 Å². The van der Waals surface area contributed by atoms with Crippen LogP contribution in [0.4, 0.5) is 26.1 Å². The van der Waals surface area contributed by atoms with Crippen LogP contribution in [-0.2, 0) is 12.8 Å². The number of halogens is 2. The number of anilines is 3. The summed E-state index contributed by atoms with van der Waals surface area (Å²) in [6.45, 7) is 0. The summed E-state index contributed by atoms with van der Waals surface area (Å²) in [5.74, 6) is -1.32. The van der Waals surface area contributed by atoms with Gasteiger partial charge in [-0.25, -0.2) is 13.8 Å². The van der Waals surface area contributed by atoms with Crippen LogP contribution in [0.1, 0.15) is 24.0 Å². The highest BCUT2D eigenvalue weighted by Gasteiger charge is 2.16. The van der Waals surface area contributed by atoms with E-state index >= 15 is 0 Å². The molecule has 0 fully saturated rings. The van der Waals surface area contributed by atoms with Crippen LogP contribution >= 0.6 is 0 Å². The first kappa shape index (κ1) is 13.8. The third kappa shape index (κ3) is 2.68. The van der Waals surface area contributed by atoms with Crippen molar-refractivity contribution >= 4 is 17.3 Å². The van der Waals surface area contributed by atoms with E-state index in [1.807, 2.05) is 12.1 Å². The molecule has 0 aliphatic heterocycles. The van der Waals surface area contributed by atoms with Crippen molar-refractivity contribution in [3.8, 4) is 0 Å². The summed E-state index contributed by atoms with van der Waals surface area (Å²) in [6.07, 6.45) is 4.34. The number of nitrogens with zero attached hydrogens (tertiary/aromatic N) is 1. The molecule has 0 saturated carbocycles. The standard InChI is InChI=1S/C16H17F2N3/c1-19-15-12(17)9-13(18)16(21-15)20-14-8-4-6-10-5-2-3-7-11(10)14/h4,6,8-9H,2-3,5,7H2,1H3,(H2,19,20,21). The van der Waals surface area contributed by atoms with Crippen LogP contribution < -0.4 is 10.6 Å². The van der Waals surface area contributed by atoms with Gasteiger partial charge < -0.3 is 10.6 Å². The molecule has 1 heterocycles. The maximum Gasteiger partial charge on any atom is 0.169 e. The number of pyridine rings is 1. The summed E-state index contributed by atoms with van der Waals surface area (Å²) < 4.78 is 27.3. The first-order valence-electron chi connectivity index (χ1n) is 7.10. The molecule has 0 atom stereocenters. The van der Waals surface area contributed by atoms with Crippen LogP contribution in [0.15, 0.2) is 24.3 Å². The number of fused-ring (bicyclic) bond motifs is 1. The van der Waals surface area contributed by atoms with Crippen LogP contribution in [0.2, 0.25) is 0 Å². The fourth-order valence-corrected chi connectivity index (χ4v) is 2.76. The predicted octanol–water partition coefficient (Wildman–Crippen LogP) is 4.02. The summed E-state index contributed by atoms with van der Waals surface area (Å²) in [4.78, 5) is 3.96. The first-order valence-corrected chi connectivity index (χ1v) is 7.10. The number of aryl methyl sites for hydroxylation is 1. The van der Waals surface area contributed by atoms with Crippen molar-refractivity contribution in [1.29, 1.82) is 0 Å². The highest BCUT2D eigenvalue weighted by atomic mass is 19.1. The zero-order valence-electron chi connectivity index (χ0n) is 11.8. The molecule has 2 N–H and O–H groups in total. The first-order chi connectivity index (χ1) is 10.2. The second-order valence-electron chi connectivity index (χ2n) is 5.17. The number of benzene rings is 1. The molecule has 1 aromatic heterocycles. The average molecular weight is 289 g/mol. The molecular formula is C16H17F2N3. The largest absolute Gasteiger partial charge is 0.371 e. The SMILES string of the molecule is CNc1nc(Nc2cccc3c2CCCC3)c(F)cc1F. The van der Waals surface area contributed by atoms with Crippen molar-refractivity contribution in [1.82, 2.24) is 4.98 Å². The molecule has 0 amide bonds. The fourth-order valence-electron chi connectivity index (χ4n) is 2.76. The van der Waals surface area contributed by atoms with Crippen LogP contribution in [0.5, 0.6) is 0 Å². The smallest absolute Gasteiger partial charge is 0.169 e. The van der Waals surface area contributed by atoms with Gasteiger partial charge in [-0.15, -0.1) is 0 Å². The topological polar surface area (TPSA) is 37.0 Å². The third-order valence-corrected chi connectivity index (χ3v) is 3.82. The summed E-state index contributed by atoms with van der Waals surface area (Å²) in [6, 6.07) is 6.81. The minimum absolute atomic E-state index is 0.0312. The zero-order chi connectivity index (χ0) is 14.8. The minimum atomic E-state index is -0.698. The van der Waals surface area contributed by atoms with Gasteiger partial charge in [0.1, 0.15) is 0 Å². The summed E-state index contributed by atoms with van der Waals surface area (Å²) >= 11 is 0. The predicted molar refractivity (Wildman–Crippen MR) is 80.1 cm³/mol. The van der Waals surface area contributed by atoms with Crippen molar-refractivity contribution in [2.75, 3.05) is 17.7 Å². The van der Waals surface area contributed by atoms with E-state index in [-0.39, 0.29) is 11.6 Å². The number of rotatable bonds is 3. The van der Waals surface area contributed by atoms with E-state index in [1.165, 1.54) is 17.5 Å². The van der Waals surface area contributed by atoms with Gasteiger partial charge in [-0.2, -0.15) is 0 Å². The molecule has 5 heteroatoms. The third-order valence-electron chi connectivity index (χ3n) is 3.82. The second kappa shape index (κ2) is 5.68. The van der Waals surface area contributed by atoms with Crippen LogP contribution in [0.25, 0.3) is 0 Å². The van der Waals surface area contributed by atoms with E-state index in [2.05, 4.69) is 21.7 Å². The van der Waals surface area contributed by atoms with Gasteiger partial charge in [0.15, 0.2) is 23.3 Å². The number of hydrogen-bond acceptors (Lipinski definition) is 3. The van der Waals surface area contributed by atoms with E-state index in [0.717, 1.165) is 31.0 Å². The lowest BCUT2D eigenvalue weighted by atomic mass is 9.90. The quantitative estimate of drug-likeness (QED) is 0.896. The lowest BCUT2D eigenvalue weighted by molar-refractivity contribution is 0.580. The maximum atomic E-state index is 13.9. The highest BCUT2D eigenvalue weighted by molar-refractivity contribution is 5.64. The Bertz CT molecular complexity index is 671. The number of hydrogen-bond donors (Lipinski definition) is 2. The Hall–Kier alpha value is -2.17. The summed E-state index contributed by atoms with van der Waals surface area (Å²) in [5, 5.41) is 5.63. The molecule has 1 aliphatic rings. The lowest BCUT2D eigenvalue weighted by Gasteiger charge is -2.20. The van der Waals surface area contributed by atoms with Gasteiger partial charge in [0.05, 0.1) is 0 Å². The van der Waals surface area contributed by atoms with Crippen molar-refractivity contribution in [3.05, 3.63) is 47.0 Å². The van der Waals surface area contributed by atoms with E-state index in [1.54, 1.807) is 7.05 Å². The number of aromatic nitrogens is 1. The molecule has 0 unspecified atom stereocenters. The normalized spacial score (nSPS) is 13.7. The lowest BCUT2D eigenvalue weighted by Crippen LogP contribution is -2.08. The summed E-state index contributed by atoms with van der Waals surface area (Å²) in [7, 11) is 1.55. The zero-order valence-corrected chi connectivity index (χ0v) is 11.8. The van der Waals surface area contributed by atoms with E-state index in [0.29, 0.717) is 0 Å². The van der Waals surface area contributed by atoms with Crippen LogP contribution in [0, 0.1) is 11.6 Å². The van der Waals surface area contributed by atoms with Gasteiger partial charge in [0.2, 0.25) is 0 Å². The maximum absolute atomic E-state index is 13.9. The molecule has 3 nitrogen and oxygen atoms in total. The van der Waals surface area contributed by atoms with Gasteiger partial charge >= 0.3 is 0 Å². The van der Waals surface area contributed by atoms with Crippen LogP contribution in [-0.4, -0.2) is 12.0 Å². The molecule has 2 aromatic rings. The molecule has 1 aromatic carbocycles. The Morgan fingerprint density at radius 3 is 2.62 bits per heavy atom. The number of nitrogens with one attached hydrogen (secondary N) is 2. The van der Waals surface area contributed by atoms with Gasteiger partial charge in [0, 0.05) is 18.8 Å². The Balaban J connectivity index is 1.97. The monoisotopic (exact) mass is 289 g/mol. The van der Waals surface area contributed by atoms with Crippen molar-refractivity contribution in [3.63, 3.8) is 0 Å². The van der Waals surface area contributed by atoms with Gasteiger partial charge in [-0.1, -0.05) is 12.1 Å². The average Bonchev–Trinajstić information content (AvgIpc) is 2.50. The molecule has 0 bridgehead atoms. The molecule has 0 saturated heterocycles. The van der Waals surface area contributed by atoms with Gasteiger partial charge in [0.25, 0.3) is 0 Å². The van der Waals surface area contributed by atoms with Crippen molar-refractivity contribution in [2.24, 2.45) is 0 Å². The van der Waals surface area contributed by atoms with E-state index < -0.39 is 11.6 Å². The fraction of sp³-hybridized carbons (Fsp3) is 0.312. The molecular weight excluding hydrogens is 272 g/mol. The molecule has 0 spiro atoms. The van der Waals surface area contributed by atoms with Crippen LogP contribution in [0.3, 0.4) is 0 Å². The molecule has 1 aliphatic carbocycles. The molecule has 110 valence electrons. The Kier molecular flexibility index (Phi) is 3.73. The Morgan fingerprint density at radius 2 is 1.81 bits per heavy atom. The van der Waals surface area contributed by atoms with Gasteiger partial charge in [-0.05, 0) is 42.9 Å². The Labute approximate surface area is 122 Å². The Morgan fingerprint density at radius 1 is 1.05 bits per heavy atom. The molecule has 21 heavy (non-hydrogen) atoms. The highest BCUT2D eigenvalue weighted by Crippen LogP contribution is 2.30.